The molecule has 0 aliphatic carbocycles. The first-order valence-electron chi connectivity index (χ1n) is 10.4. The maximum absolute atomic E-state index is 13.5. The third-order valence-electron chi connectivity index (χ3n) is 5.08. The molecule has 0 spiro atoms. The van der Waals surface area contributed by atoms with Crippen LogP contribution in [-0.2, 0) is 22.6 Å². The minimum absolute atomic E-state index is 0.0521. The van der Waals surface area contributed by atoms with Gasteiger partial charge in [-0.2, -0.15) is 0 Å². The summed E-state index contributed by atoms with van der Waals surface area (Å²) in [5.41, 5.74) is 1.44. The van der Waals surface area contributed by atoms with E-state index in [0.29, 0.717) is 50.2 Å². The number of hydrogen-bond acceptors (Lipinski definition) is 7. The molecule has 2 aromatic heterocycles. The van der Waals surface area contributed by atoms with E-state index in [9.17, 15) is 14.7 Å². The molecular weight excluding hydrogens is 412 g/mol. The summed E-state index contributed by atoms with van der Waals surface area (Å²) in [6.07, 6.45) is 1.60. The number of morpholine rings is 1. The lowest BCUT2D eigenvalue weighted by atomic mass is 10.2. The zero-order chi connectivity index (χ0) is 22.3. The minimum atomic E-state index is -1.12. The zero-order valence-electron chi connectivity index (χ0n) is 17.5. The van der Waals surface area contributed by atoms with Crippen molar-refractivity contribution in [3.05, 3.63) is 71.9 Å². The van der Waals surface area contributed by atoms with Crippen LogP contribution < -0.4 is 0 Å². The number of ether oxygens (including phenoxy) is 1. The Balaban J connectivity index is 1.66. The SMILES string of the molecule is O=C(O)CN(Cc1ccccn1)C(=O)c1nc(-c2ccccc2)oc1CN1CCOCC1. The molecule has 1 saturated heterocycles. The van der Waals surface area contributed by atoms with E-state index in [0.717, 1.165) is 5.56 Å². The Morgan fingerprint density at radius 2 is 1.81 bits per heavy atom. The summed E-state index contributed by atoms with van der Waals surface area (Å²) in [5, 5.41) is 9.39. The van der Waals surface area contributed by atoms with E-state index in [-0.39, 0.29) is 12.2 Å². The lowest BCUT2D eigenvalue weighted by Gasteiger charge is -2.26. The fourth-order valence-electron chi connectivity index (χ4n) is 3.49. The molecule has 1 fully saturated rings. The smallest absolute Gasteiger partial charge is 0.323 e. The van der Waals surface area contributed by atoms with Crippen molar-refractivity contribution in [2.24, 2.45) is 0 Å². The van der Waals surface area contributed by atoms with Crippen LogP contribution >= 0.6 is 0 Å². The van der Waals surface area contributed by atoms with Gasteiger partial charge in [-0.1, -0.05) is 24.3 Å². The van der Waals surface area contributed by atoms with Crippen molar-refractivity contribution in [1.82, 2.24) is 19.8 Å². The summed E-state index contributed by atoms with van der Waals surface area (Å²) in [6.45, 7) is 2.59. The Morgan fingerprint density at radius 1 is 1.06 bits per heavy atom. The van der Waals surface area contributed by atoms with E-state index in [4.69, 9.17) is 9.15 Å². The van der Waals surface area contributed by atoms with Gasteiger partial charge in [-0.15, -0.1) is 0 Å². The number of oxazole rings is 1. The van der Waals surface area contributed by atoms with Gasteiger partial charge in [0.1, 0.15) is 6.54 Å². The lowest BCUT2D eigenvalue weighted by Crippen LogP contribution is -2.38. The highest BCUT2D eigenvalue weighted by molar-refractivity contribution is 5.95. The summed E-state index contributed by atoms with van der Waals surface area (Å²) in [5.74, 6) is -0.888. The number of hydrogen-bond donors (Lipinski definition) is 1. The molecule has 1 aromatic carbocycles. The number of aliphatic carboxylic acids is 1. The quantitative estimate of drug-likeness (QED) is 0.573. The van der Waals surface area contributed by atoms with Gasteiger partial charge in [-0.3, -0.25) is 19.5 Å². The van der Waals surface area contributed by atoms with E-state index in [1.54, 1.807) is 24.4 Å². The molecule has 1 amide bonds. The Bertz CT molecular complexity index is 1050. The fraction of sp³-hybridized carbons (Fsp3) is 0.304. The summed E-state index contributed by atoms with van der Waals surface area (Å²) in [4.78, 5) is 37.0. The number of pyridine rings is 1. The number of carbonyl (C=O) groups excluding carboxylic acids is 1. The summed E-state index contributed by atoms with van der Waals surface area (Å²) >= 11 is 0. The molecule has 9 heteroatoms. The predicted molar refractivity (Wildman–Crippen MR) is 115 cm³/mol. The number of rotatable bonds is 8. The third-order valence-corrected chi connectivity index (χ3v) is 5.08. The van der Waals surface area contributed by atoms with E-state index in [2.05, 4.69) is 14.9 Å². The molecule has 0 atom stereocenters. The van der Waals surface area contributed by atoms with Gasteiger partial charge in [-0.05, 0) is 24.3 Å². The van der Waals surface area contributed by atoms with Crippen molar-refractivity contribution >= 4 is 11.9 Å². The molecule has 3 heterocycles. The first-order valence-corrected chi connectivity index (χ1v) is 10.4. The van der Waals surface area contributed by atoms with Crippen molar-refractivity contribution in [2.75, 3.05) is 32.8 Å². The Kier molecular flexibility index (Phi) is 6.88. The number of carboxylic acid groups (broad SMARTS) is 1. The highest BCUT2D eigenvalue weighted by Crippen LogP contribution is 2.25. The average molecular weight is 436 g/mol. The van der Waals surface area contributed by atoms with Crippen LogP contribution in [0.4, 0.5) is 0 Å². The van der Waals surface area contributed by atoms with Crippen LogP contribution in [0.2, 0.25) is 0 Å². The largest absolute Gasteiger partial charge is 0.480 e. The molecule has 0 saturated carbocycles. The lowest BCUT2D eigenvalue weighted by molar-refractivity contribution is -0.137. The normalized spacial score (nSPS) is 14.2. The van der Waals surface area contributed by atoms with Gasteiger partial charge < -0.3 is 19.2 Å². The highest BCUT2D eigenvalue weighted by Gasteiger charge is 2.28. The van der Waals surface area contributed by atoms with Crippen LogP contribution in [0.25, 0.3) is 11.5 Å². The van der Waals surface area contributed by atoms with Gasteiger partial charge in [-0.25, -0.2) is 4.98 Å². The third kappa shape index (κ3) is 5.37. The predicted octanol–water partition coefficient (Wildman–Crippen LogP) is 2.30. The van der Waals surface area contributed by atoms with Crippen molar-refractivity contribution in [3.8, 4) is 11.5 Å². The number of aromatic nitrogens is 2. The van der Waals surface area contributed by atoms with Gasteiger partial charge in [0, 0.05) is 24.8 Å². The second kappa shape index (κ2) is 10.2. The van der Waals surface area contributed by atoms with Crippen molar-refractivity contribution in [1.29, 1.82) is 0 Å². The molecule has 1 aliphatic rings. The monoisotopic (exact) mass is 436 g/mol. The number of nitrogens with zero attached hydrogens (tertiary/aromatic N) is 4. The molecule has 9 nitrogen and oxygen atoms in total. The van der Waals surface area contributed by atoms with Crippen LogP contribution in [-0.4, -0.2) is 69.6 Å². The molecule has 0 bridgehead atoms. The number of amides is 1. The van der Waals surface area contributed by atoms with Gasteiger partial charge in [0.2, 0.25) is 5.89 Å². The zero-order valence-corrected chi connectivity index (χ0v) is 17.5. The maximum atomic E-state index is 13.5. The van der Waals surface area contributed by atoms with Gasteiger partial charge >= 0.3 is 5.97 Å². The molecule has 4 rings (SSSR count). The molecule has 3 aromatic rings. The summed E-state index contributed by atoms with van der Waals surface area (Å²) < 4.78 is 11.4. The van der Waals surface area contributed by atoms with E-state index < -0.39 is 18.4 Å². The van der Waals surface area contributed by atoms with Gasteiger partial charge in [0.25, 0.3) is 5.91 Å². The number of benzene rings is 1. The second-order valence-corrected chi connectivity index (χ2v) is 7.42. The average Bonchev–Trinajstić information content (AvgIpc) is 3.23. The molecule has 1 aliphatic heterocycles. The first-order chi connectivity index (χ1) is 15.6. The summed E-state index contributed by atoms with van der Waals surface area (Å²) in [7, 11) is 0. The second-order valence-electron chi connectivity index (χ2n) is 7.42. The van der Waals surface area contributed by atoms with E-state index in [1.807, 2.05) is 30.3 Å². The van der Waals surface area contributed by atoms with Crippen molar-refractivity contribution in [2.45, 2.75) is 13.1 Å². The molecule has 166 valence electrons. The molecule has 32 heavy (non-hydrogen) atoms. The Labute approximate surface area is 185 Å². The molecule has 1 N–H and O–H groups in total. The number of carboxylic acids is 1. The fourth-order valence-corrected chi connectivity index (χ4v) is 3.49. The first kappa shape index (κ1) is 21.7. The van der Waals surface area contributed by atoms with E-state index >= 15 is 0 Å². The van der Waals surface area contributed by atoms with Gasteiger partial charge in [0.05, 0.1) is 32.0 Å². The highest BCUT2D eigenvalue weighted by atomic mass is 16.5. The van der Waals surface area contributed by atoms with Crippen LogP contribution in [0.3, 0.4) is 0 Å². The van der Waals surface area contributed by atoms with Crippen LogP contribution in [0.1, 0.15) is 21.9 Å². The summed E-state index contributed by atoms with van der Waals surface area (Å²) in [6, 6.07) is 14.6. The topological polar surface area (TPSA) is 109 Å². The standard InChI is InChI=1S/C23H24N4O5/c28-20(29)16-27(14-18-8-4-5-9-24-18)23(30)21-19(15-26-10-12-31-13-11-26)32-22(25-21)17-6-2-1-3-7-17/h1-9H,10-16H2,(H,28,29). The van der Waals surface area contributed by atoms with Gasteiger partial charge in [0.15, 0.2) is 11.5 Å². The Morgan fingerprint density at radius 3 is 2.50 bits per heavy atom. The van der Waals surface area contributed by atoms with Crippen molar-refractivity contribution in [3.63, 3.8) is 0 Å². The minimum Gasteiger partial charge on any atom is -0.480 e. The maximum Gasteiger partial charge on any atom is 0.323 e. The van der Waals surface area contributed by atoms with E-state index in [1.165, 1.54) is 4.90 Å². The molecular formula is C23H24N4O5. The molecule has 0 unspecified atom stereocenters. The number of carbonyl (C=O) groups is 2. The van der Waals surface area contributed by atoms with Crippen molar-refractivity contribution < 1.29 is 23.8 Å². The molecule has 0 radical (unpaired) electrons. The van der Waals surface area contributed by atoms with Crippen LogP contribution in [0.15, 0.2) is 59.1 Å². The van der Waals surface area contributed by atoms with Crippen LogP contribution in [0, 0.1) is 0 Å². The van der Waals surface area contributed by atoms with Crippen LogP contribution in [0.5, 0.6) is 0 Å². The Hall–Kier alpha value is -3.56.